The van der Waals surface area contributed by atoms with Crippen molar-refractivity contribution in [3.05, 3.63) is 35.4 Å². The molecule has 0 bridgehead atoms. The molecule has 0 fully saturated rings. The highest BCUT2D eigenvalue weighted by Crippen LogP contribution is 2.22. The molecule has 3 heteroatoms. The molecule has 1 aromatic rings. The largest absolute Gasteiger partial charge is 0.352 e. The maximum Gasteiger partial charge on any atom is 0.241 e. The number of carbonyl (C=O) groups excluding carboxylic acids is 1. The van der Waals surface area contributed by atoms with Crippen molar-refractivity contribution >= 4 is 5.91 Å². The van der Waals surface area contributed by atoms with Crippen molar-refractivity contribution in [2.24, 2.45) is 5.92 Å². The minimum absolute atomic E-state index is 0.0975. The number of hydrogen-bond acceptors (Lipinski definition) is 2. The van der Waals surface area contributed by atoms with Crippen LogP contribution in [0.2, 0.25) is 0 Å². The number of carbonyl (C=O) groups is 1. The van der Waals surface area contributed by atoms with Gasteiger partial charge in [0, 0.05) is 12.6 Å². The molecule has 0 saturated heterocycles. The first-order valence-electron chi connectivity index (χ1n) is 7.19. The summed E-state index contributed by atoms with van der Waals surface area (Å²) in [4.78, 5) is 12.4. The average Bonchev–Trinajstić information content (AvgIpc) is 2.36. The molecule has 1 aliphatic rings. The van der Waals surface area contributed by atoms with E-state index in [1.165, 1.54) is 5.56 Å². The van der Waals surface area contributed by atoms with Crippen LogP contribution in [0.5, 0.6) is 0 Å². The summed E-state index contributed by atoms with van der Waals surface area (Å²) < 4.78 is 0. The van der Waals surface area contributed by atoms with Gasteiger partial charge in [-0.05, 0) is 36.8 Å². The number of nitrogens with one attached hydrogen (secondary N) is 2. The van der Waals surface area contributed by atoms with Crippen molar-refractivity contribution in [1.29, 1.82) is 0 Å². The minimum Gasteiger partial charge on any atom is -0.352 e. The van der Waals surface area contributed by atoms with Gasteiger partial charge in [0.25, 0.3) is 0 Å². The molecule has 1 aliphatic heterocycles. The Morgan fingerprint density at radius 2 is 2.11 bits per heavy atom. The van der Waals surface area contributed by atoms with E-state index in [0.29, 0.717) is 5.92 Å². The van der Waals surface area contributed by atoms with Crippen LogP contribution >= 0.6 is 0 Å². The van der Waals surface area contributed by atoms with Crippen molar-refractivity contribution in [2.45, 2.75) is 45.7 Å². The van der Waals surface area contributed by atoms with Gasteiger partial charge in [0.05, 0.1) is 0 Å². The quantitative estimate of drug-likeness (QED) is 0.873. The van der Waals surface area contributed by atoms with Gasteiger partial charge >= 0.3 is 0 Å². The maximum atomic E-state index is 12.4. The van der Waals surface area contributed by atoms with E-state index < -0.39 is 0 Å². The van der Waals surface area contributed by atoms with E-state index in [9.17, 15) is 4.79 Å². The highest BCUT2D eigenvalue weighted by molar-refractivity contribution is 5.84. The van der Waals surface area contributed by atoms with Crippen molar-refractivity contribution in [3.8, 4) is 0 Å². The Labute approximate surface area is 115 Å². The summed E-state index contributed by atoms with van der Waals surface area (Å²) in [5.41, 5.74) is 2.42. The van der Waals surface area contributed by atoms with Gasteiger partial charge in [0.15, 0.2) is 0 Å². The summed E-state index contributed by atoms with van der Waals surface area (Å²) in [6.45, 7) is 7.30. The Bertz CT molecular complexity index is 442. The maximum absolute atomic E-state index is 12.4. The fraction of sp³-hybridized carbons (Fsp3) is 0.562. The Morgan fingerprint density at radius 3 is 2.84 bits per heavy atom. The van der Waals surface area contributed by atoms with E-state index in [-0.39, 0.29) is 18.0 Å². The van der Waals surface area contributed by atoms with Crippen LogP contribution in [0.15, 0.2) is 24.3 Å². The second-order valence-corrected chi connectivity index (χ2v) is 5.88. The number of rotatable bonds is 4. The van der Waals surface area contributed by atoms with Gasteiger partial charge in [-0.25, -0.2) is 0 Å². The van der Waals surface area contributed by atoms with E-state index in [1.54, 1.807) is 0 Å². The average molecular weight is 260 g/mol. The predicted octanol–water partition coefficient (Wildman–Crippen LogP) is 2.42. The second-order valence-electron chi connectivity index (χ2n) is 5.88. The summed E-state index contributed by atoms with van der Waals surface area (Å²) in [5, 5.41) is 6.44. The second kappa shape index (κ2) is 6.20. The summed E-state index contributed by atoms with van der Waals surface area (Å²) in [6.07, 6.45) is 2.02. The molecule has 1 amide bonds. The number of amides is 1. The molecule has 104 valence electrons. The van der Waals surface area contributed by atoms with Gasteiger partial charge in [0.1, 0.15) is 6.04 Å². The van der Waals surface area contributed by atoms with Gasteiger partial charge in [-0.1, -0.05) is 38.1 Å². The van der Waals surface area contributed by atoms with Crippen LogP contribution in [0.1, 0.15) is 44.4 Å². The topological polar surface area (TPSA) is 41.1 Å². The van der Waals surface area contributed by atoms with Crippen LogP contribution < -0.4 is 10.6 Å². The van der Waals surface area contributed by atoms with E-state index in [4.69, 9.17) is 0 Å². The number of hydrogen-bond donors (Lipinski definition) is 2. The monoisotopic (exact) mass is 260 g/mol. The fourth-order valence-electron chi connectivity index (χ4n) is 2.83. The lowest BCUT2D eigenvalue weighted by atomic mass is 9.93. The molecule has 2 unspecified atom stereocenters. The molecule has 0 saturated carbocycles. The zero-order valence-corrected chi connectivity index (χ0v) is 12.1. The molecule has 3 nitrogen and oxygen atoms in total. The van der Waals surface area contributed by atoms with Crippen molar-refractivity contribution in [1.82, 2.24) is 10.6 Å². The van der Waals surface area contributed by atoms with Crippen LogP contribution in [0.3, 0.4) is 0 Å². The van der Waals surface area contributed by atoms with Gasteiger partial charge in [-0.2, -0.15) is 0 Å². The molecular weight excluding hydrogens is 236 g/mol. The standard InChI is InChI=1S/C16H24N2O/c1-11(2)10-12(3)18-16(19)15-14-7-5-4-6-13(14)8-9-17-15/h4-7,11-12,15,17H,8-10H2,1-3H3,(H,18,19). The van der Waals surface area contributed by atoms with Crippen LogP contribution in [0.25, 0.3) is 0 Å². The molecule has 2 N–H and O–H groups in total. The van der Waals surface area contributed by atoms with Crippen LogP contribution in [-0.4, -0.2) is 18.5 Å². The third-order valence-electron chi connectivity index (χ3n) is 3.58. The SMILES string of the molecule is CC(C)CC(C)NC(=O)C1NCCc2ccccc21. The van der Waals surface area contributed by atoms with E-state index in [2.05, 4.69) is 43.5 Å². The highest BCUT2D eigenvalue weighted by Gasteiger charge is 2.26. The first kappa shape index (κ1) is 14.1. The van der Waals surface area contributed by atoms with Crippen LogP contribution in [-0.2, 0) is 11.2 Å². The third-order valence-corrected chi connectivity index (χ3v) is 3.58. The van der Waals surface area contributed by atoms with Gasteiger partial charge < -0.3 is 10.6 Å². The van der Waals surface area contributed by atoms with E-state index in [0.717, 1.165) is 24.9 Å². The van der Waals surface area contributed by atoms with Crippen molar-refractivity contribution < 1.29 is 4.79 Å². The lowest BCUT2D eigenvalue weighted by molar-refractivity contribution is -0.124. The molecule has 0 radical (unpaired) electrons. The smallest absolute Gasteiger partial charge is 0.241 e. The van der Waals surface area contributed by atoms with Crippen molar-refractivity contribution in [3.63, 3.8) is 0 Å². The van der Waals surface area contributed by atoms with Gasteiger partial charge in [-0.15, -0.1) is 0 Å². The van der Waals surface area contributed by atoms with Gasteiger partial charge in [-0.3, -0.25) is 4.79 Å². The Hall–Kier alpha value is -1.35. The molecule has 2 atom stereocenters. The summed E-state index contributed by atoms with van der Waals surface area (Å²) in [7, 11) is 0. The minimum atomic E-state index is -0.195. The number of benzene rings is 1. The Kier molecular flexibility index (Phi) is 4.59. The Balaban J connectivity index is 2.04. The highest BCUT2D eigenvalue weighted by atomic mass is 16.2. The van der Waals surface area contributed by atoms with Crippen LogP contribution in [0.4, 0.5) is 0 Å². The fourth-order valence-corrected chi connectivity index (χ4v) is 2.83. The molecule has 0 aromatic heterocycles. The molecule has 1 aromatic carbocycles. The van der Waals surface area contributed by atoms with E-state index >= 15 is 0 Å². The van der Waals surface area contributed by atoms with Gasteiger partial charge in [0.2, 0.25) is 5.91 Å². The molecule has 0 spiro atoms. The zero-order chi connectivity index (χ0) is 13.8. The number of fused-ring (bicyclic) bond motifs is 1. The third kappa shape index (κ3) is 3.57. The van der Waals surface area contributed by atoms with Crippen LogP contribution in [0, 0.1) is 5.92 Å². The zero-order valence-electron chi connectivity index (χ0n) is 12.1. The summed E-state index contributed by atoms with van der Waals surface area (Å²) in [5.74, 6) is 0.696. The first-order valence-corrected chi connectivity index (χ1v) is 7.19. The molecule has 2 rings (SSSR count). The molecular formula is C16H24N2O. The lowest BCUT2D eigenvalue weighted by Gasteiger charge is -2.27. The molecule has 19 heavy (non-hydrogen) atoms. The molecule has 1 heterocycles. The Morgan fingerprint density at radius 1 is 1.37 bits per heavy atom. The normalized spacial score (nSPS) is 19.9. The van der Waals surface area contributed by atoms with Crippen molar-refractivity contribution in [2.75, 3.05) is 6.54 Å². The first-order chi connectivity index (χ1) is 9.08. The lowest BCUT2D eigenvalue weighted by Crippen LogP contribution is -2.44. The predicted molar refractivity (Wildman–Crippen MR) is 77.9 cm³/mol. The van der Waals surface area contributed by atoms with E-state index in [1.807, 2.05) is 12.1 Å². The summed E-state index contributed by atoms with van der Waals surface area (Å²) >= 11 is 0. The summed E-state index contributed by atoms with van der Waals surface area (Å²) in [6, 6.07) is 8.25. The molecule has 0 aliphatic carbocycles.